The number of carbonyl (C=O) groups is 3. The standard InChI is InChI=1S/C43H60N8O5.C14H20FN/c1-24(2)37(44-28(7)55-8)41(52)50-20-10-12-35(50)39-45-31-18-16-29(22-33(31)47-39)26(5)14-15-27(6)30-17-19-32-34(23-30)48-40(46-32)36-13-11-21-51(36)42(53)38(25(3)4)49-43(54)56-9;1-11-4-5-13(12(15)10-11)16-8-6-14(2,3)7-9-16/h16-19,22-27,35-38,44H,7,10-15,20-21H2,1-6,8-9H3,(H,45,47)(H,46,48)(H,49,54);4-5,10H,6-9H2,1-3H3/t26-,27-,35+,36+,37?,38+;/m1./s1. The fourth-order valence-corrected chi connectivity index (χ4v) is 10.5. The number of hydrogen-bond acceptors (Lipinski definition) is 9. The summed E-state index contributed by atoms with van der Waals surface area (Å²) in [5.41, 5.74) is 8.40. The van der Waals surface area contributed by atoms with Crippen LogP contribution in [0.2, 0.25) is 0 Å². The Morgan fingerprint density at radius 3 is 1.65 bits per heavy atom. The van der Waals surface area contributed by atoms with E-state index >= 15 is 0 Å². The second-order valence-corrected chi connectivity index (χ2v) is 22.0. The first-order valence-electron chi connectivity index (χ1n) is 26.2. The monoisotopic (exact) mass is 990 g/mol. The minimum absolute atomic E-state index is 0.0373. The molecule has 0 aliphatic carbocycles. The molecule has 72 heavy (non-hydrogen) atoms. The summed E-state index contributed by atoms with van der Waals surface area (Å²) in [5, 5.41) is 5.88. The normalized spacial score (nSPS) is 19.5. The largest absolute Gasteiger partial charge is 0.483 e. The van der Waals surface area contributed by atoms with Crippen molar-refractivity contribution < 1.29 is 28.2 Å². The number of ether oxygens (including phenoxy) is 2. The van der Waals surface area contributed by atoms with Gasteiger partial charge in [-0.1, -0.05) is 73.6 Å². The number of benzene rings is 3. The number of halogens is 1. The van der Waals surface area contributed by atoms with Gasteiger partial charge in [0.2, 0.25) is 11.8 Å². The number of aromatic nitrogens is 4. The number of piperidine rings is 1. The van der Waals surface area contributed by atoms with Gasteiger partial charge in [-0.25, -0.2) is 19.2 Å². The zero-order valence-electron chi connectivity index (χ0n) is 44.7. The molecule has 2 aromatic heterocycles. The molecule has 390 valence electrons. The van der Waals surface area contributed by atoms with Gasteiger partial charge in [-0.3, -0.25) is 9.59 Å². The first-order chi connectivity index (χ1) is 34.3. The maximum atomic E-state index is 13.8. The molecule has 3 amide bonds. The molecule has 3 aliphatic heterocycles. The van der Waals surface area contributed by atoms with Crippen molar-refractivity contribution in [1.29, 1.82) is 0 Å². The molecule has 1 unspecified atom stereocenters. The van der Waals surface area contributed by atoms with Crippen molar-refractivity contribution in [3.8, 4) is 0 Å². The molecule has 14 nitrogen and oxygen atoms in total. The van der Waals surface area contributed by atoms with Gasteiger partial charge < -0.3 is 44.8 Å². The van der Waals surface area contributed by atoms with Gasteiger partial charge in [0.1, 0.15) is 29.5 Å². The van der Waals surface area contributed by atoms with Gasteiger partial charge in [-0.2, -0.15) is 0 Å². The number of likely N-dealkylation sites (tertiary alicyclic amines) is 2. The Morgan fingerprint density at radius 1 is 0.722 bits per heavy atom. The second-order valence-electron chi connectivity index (χ2n) is 22.0. The zero-order chi connectivity index (χ0) is 52.0. The van der Waals surface area contributed by atoms with Gasteiger partial charge in [0, 0.05) is 26.2 Å². The lowest BCUT2D eigenvalue weighted by molar-refractivity contribution is -0.136. The molecule has 0 saturated carbocycles. The number of methoxy groups -OCH3 is 2. The molecule has 0 bridgehead atoms. The van der Waals surface area contributed by atoms with E-state index in [1.807, 2.05) is 56.6 Å². The van der Waals surface area contributed by atoms with Crippen molar-refractivity contribution in [2.75, 3.05) is 45.3 Å². The second kappa shape index (κ2) is 23.2. The van der Waals surface area contributed by atoms with Crippen LogP contribution in [-0.2, 0) is 19.1 Å². The van der Waals surface area contributed by atoms with E-state index in [1.165, 1.54) is 18.2 Å². The topological polar surface area (TPSA) is 161 Å². The first kappa shape index (κ1) is 53.7. The average molecular weight is 990 g/mol. The van der Waals surface area contributed by atoms with Gasteiger partial charge in [-0.15, -0.1) is 0 Å². The van der Waals surface area contributed by atoms with Gasteiger partial charge in [-0.05, 0) is 147 Å². The van der Waals surface area contributed by atoms with E-state index in [9.17, 15) is 18.8 Å². The lowest BCUT2D eigenvalue weighted by Gasteiger charge is -2.38. The fourth-order valence-electron chi connectivity index (χ4n) is 10.5. The van der Waals surface area contributed by atoms with Crippen molar-refractivity contribution >= 4 is 45.7 Å². The van der Waals surface area contributed by atoms with E-state index in [0.717, 1.165) is 109 Å². The number of alkyl carbamates (subject to hydrolysis) is 1. The van der Waals surface area contributed by atoms with E-state index in [2.05, 4.69) is 96.2 Å². The highest BCUT2D eigenvalue weighted by Gasteiger charge is 2.39. The number of imidazole rings is 2. The summed E-state index contributed by atoms with van der Waals surface area (Å²) < 4.78 is 23.8. The van der Waals surface area contributed by atoms with E-state index in [-0.39, 0.29) is 41.6 Å². The van der Waals surface area contributed by atoms with Crippen LogP contribution in [0, 0.1) is 30.0 Å². The molecular weight excluding hydrogens is 910 g/mol. The Bertz CT molecular complexity index is 2540. The number of amides is 3. The summed E-state index contributed by atoms with van der Waals surface area (Å²) in [5.74, 6) is 2.47. The summed E-state index contributed by atoms with van der Waals surface area (Å²) >= 11 is 0. The number of aryl methyl sites for hydroxylation is 1. The van der Waals surface area contributed by atoms with E-state index in [0.29, 0.717) is 36.2 Å². The van der Waals surface area contributed by atoms with Crippen LogP contribution in [0.4, 0.5) is 14.9 Å². The minimum atomic E-state index is -0.671. The SMILES string of the molecule is C=C(NC(C(=O)N1CCC[C@H]1c1nc2ccc([C@H](C)CC[C@@H](C)c3ccc4nc([C@@H]5CCCN5C(=O)[C@@H](NC(=O)OC)C(C)C)[nH]c4c3)cc2[nH]1)C(C)C)OC.Cc1ccc(N2CCC(C)(C)CC2)c(F)c1. The van der Waals surface area contributed by atoms with Crippen molar-refractivity contribution in [3.63, 3.8) is 0 Å². The molecule has 3 saturated heterocycles. The van der Waals surface area contributed by atoms with E-state index < -0.39 is 18.2 Å². The third-order valence-electron chi connectivity index (χ3n) is 15.4. The van der Waals surface area contributed by atoms with Crippen molar-refractivity contribution in [1.82, 2.24) is 40.4 Å². The number of aromatic amines is 2. The van der Waals surface area contributed by atoms with Gasteiger partial charge in [0.25, 0.3) is 0 Å². The maximum Gasteiger partial charge on any atom is 0.407 e. The lowest BCUT2D eigenvalue weighted by Crippen LogP contribution is -2.51. The molecule has 6 atom stereocenters. The smallest absolute Gasteiger partial charge is 0.407 e. The number of nitrogens with zero attached hydrogens (tertiary/aromatic N) is 5. The number of anilines is 1. The fraction of sp³-hybridized carbons (Fsp3) is 0.561. The molecule has 5 aromatic rings. The Labute approximate surface area is 426 Å². The minimum Gasteiger partial charge on any atom is -0.483 e. The first-order valence-corrected chi connectivity index (χ1v) is 26.2. The molecule has 0 spiro atoms. The van der Waals surface area contributed by atoms with Crippen LogP contribution in [0.3, 0.4) is 0 Å². The van der Waals surface area contributed by atoms with E-state index in [1.54, 1.807) is 13.2 Å². The highest BCUT2D eigenvalue weighted by Crippen LogP contribution is 2.37. The summed E-state index contributed by atoms with van der Waals surface area (Å²) in [7, 11) is 2.85. The molecule has 3 aliphatic rings. The number of hydrogen-bond donors (Lipinski definition) is 4. The number of nitrogens with one attached hydrogen (secondary N) is 4. The zero-order valence-corrected chi connectivity index (χ0v) is 44.7. The van der Waals surface area contributed by atoms with Crippen molar-refractivity contribution in [2.24, 2.45) is 17.3 Å². The number of carbonyl (C=O) groups excluding carboxylic acids is 3. The quantitative estimate of drug-likeness (QED) is 0.0706. The Kier molecular flexibility index (Phi) is 17.3. The summed E-state index contributed by atoms with van der Waals surface area (Å²) in [6.45, 7) is 26.0. The predicted molar refractivity (Wildman–Crippen MR) is 284 cm³/mol. The third-order valence-corrected chi connectivity index (χ3v) is 15.4. The molecule has 8 rings (SSSR count). The van der Waals surface area contributed by atoms with Gasteiger partial charge in [0.15, 0.2) is 5.88 Å². The molecule has 3 fully saturated rings. The maximum absolute atomic E-state index is 13.8. The number of rotatable bonds is 16. The van der Waals surface area contributed by atoms with Crippen molar-refractivity contribution in [3.05, 3.63) is 101 Å². The van der Waals surface area contributed by atoms with Crippen LogP contribution in [0.25, 0.3) is 22.1 Å². The number of H-pyrrole nitrogens is 2. The van der Waals surface area contributed by atoms with Crippen LogP contribution >= 0.6 is 0 Å². The highest BCUT2D eigenvalue weighted by atomic mass is 19.1. The summed E-state index contributed by atoms with van der Waals surface area (Å²) in [6, 6.07) is 17.0. The molecular formula is C57H80FN9O5. The van der Waals surface area contributed by atoms with Crippen LogP contribution in [-0.4, -0.2) is 100 Å². The highest BCUT2D eigenvalue weighted by molar-refractivity contribution is 5.87. The molecule has 3 aromatic carbocycles. The van der Waals surface area contributed by atoms with Crippen LogP contribution < -0.4 is 15.5 Å². The molecule has 5 heterocycles. The van der Waals surface area contributed by atoms with Crippen LogP contribution in [0.5, 0.6) is 0 Å². The third kappa shape index (κ3) is 12.5. The Hall–Kier alpha value is -6.12. The summed E-state index contributed by atoms with van der Waals surface area (Å²) in [6.07, 6.45) is 7.16. The Morgan fingerprint density at radius 2 is 1.21 bits per heavy atom. The predicted octanol–water partition coefficient (Wildman–Crippen LogP) is 11.3. The molecule has 4 N–H and O–H groups in total. The van der Waals surface area contributed by atoms with Gasteiger partial charge in [0.05, 0.1) is 54.1 Å². The molecule has 0 radical (unpaired) electrons. The van der Waals surface area contributed by atoms with Gasteiger partial charge >= 0.3 is 6.09 Å². The number of fused-ring (bicyclic) bond motifs is 2. The van der Waals surface area contributed by atoms with Crippen LogP contribution in [0.1, 0.15) is 159 Å². The van der Waals surface area contributed by atoms with E-state index in [4.69, 9.17) is 19.4 Å². The molecule has 15 heteroatoms. The lowest BCUT2D eigenvalue weighted by atomic mass is 9.82. The summed E-state index contributed by atoms with van der Waals surface area (Å²) in [4.78, 5) is 62.3. The van der Waals surface area contributed by atoms with Crippen molar-refractivity contribution in [2.45, 2.75) is 150 Å². The average Bonchev–Trinajstić information content (AvgIpc) is 4.19. The van der Waals surface area contributed by atoms with Crippen LogP contribution in [0.15, 0.2) is 67.1 Å². The Balaban J connectivity index is 0.000000401.